The van der Waals surface area contributed by atoms with E-state index in [0.29, 0.717) is 44.0 Å². The Bertz CT molecular complexity index is 2010. The first kappa shape index (κ1) is 37.2. The van der Waals surface area contributed by atoms with Gasteiger partial charge in [0.25, 0.3) is 0 Å². The van der Waals surface area contributed by atoms with E-state index in [2.05, 4.69) is 54.0 Å². The number of nitrogens with zero attached hydrogens (tertiary/aromatic N) is 6. The molecule has 10 heteroatoms. The summed E-state index contributed by atoms with van der Waals surface area (Å²) in [5.74, 6) is 1.59. The van der Waals surface area contributed by atoms with Crippen LogP contribution in [0.3, 0.4) is 0 Å². The Hall–Kier alpha value is -5.09. The molecule has 2 aromatic heterocycles. The fraction of sp³-hybridized carbons (Fsp3) is 0.432. The van der Waals surface area contributed by atoms with Gasteiger partial charge in [-0.1, -0.05) is 72.8 Å². The lowest BCUT2D eigenvalue weighted by atomic mass is 9.93. The minimum Gasteiger partial charge on any atom is -0.473 e. The summed E-state index contributed by atoms with van der Waals surface area (Å²) < 4.78 is 20.2. The van der Waals surface area contributed by atoms with Gasteiger partial charge in [0.2, 0.25) is 11.8 Å². The van der Waals surface area contributed by atoms with Gasteiger partial charge in [-0.3, -0.25) is 9.58 Å². The number of piperazine rings is 1. The Labute approximate surface area is 319 Å². The van der Waals surface area contributed by atoms with E-state index in [9.17, 15) is 4.79 Å². The first-order valence-corrected chi connectivity index (χ1v) is 19.3. The molecule has 0 bridgehead atoms. The van der Waals surface area contributed by atoms with Crippen molar-refractivity contribution in [2.75, 3.05) is 37.6 Å². The predicted molar refractivity (Wildman–Crippen MR) is 214 cm³/mol. The molecule has 0 saturated carbocycles. The molecule has 0 aliphatic carbocycles. The molecule has 1 amide bonds. The van der Waals surface area contributed by atoms with Crippen LogP contribution < -0.4 is 14.4 Å². The molecule has 2 aliphatic heterocycles. The van der Waals surface area contributed by atoms with Gasteiger partial charge in [0, 0.05) is 63.3 Å². The summed E-state index contributed by atoms with van der Waals surface area (Å²) >= 11 is 0. The summed E-state index contributed by atoms with van der Waals surface area (Å²) in [6.45, 7) is 15.4. The zero-order chi connectivity index (χ0) is 37.8. The lowest BCUT2D eigenvalue weighted by Gasteiger charge is -2.46. The van der Waals surface area contributed by atoms with Crippen molar-refractivity contribution in [3.8, 4) is 23.0 Å². The second kappa shape index (κ2) is 16.1. The number of para-hydroxylation sites is 1. The number of benzene rings is 3. The average Bonchev–Trinajstić information content (AvgIpc) is 3.51. The molecule has 284 valence electrons. The summed E-state index contributed by atoms with van der Waals surface area (Å²) in [7, 11) is 2.02. The molecule has 7 rings (SSSR count). The van der Waals surface area contributed by atoms with Crippen LogP contribution in [0.2, 0.25) is 0 Å². The van der Waals surface area contributed by atoms with Crippen LogP contribution in [0.5, 0.6) is 11.8 Å². The van der Waals surface area contributed by atoms with E-state index in [1.54, 1.807) is 0 Å². The molecule has 5 aromatic rings. The highest BCUT2D eigenvalue weighted by atomic mass is 16.6. The van der Waals surface area contributed by atoms with Crippen LogP contribution in [-0.4, -0.2) is 81.1 Å². The Morgan fingerprint density at radius 2 is 1.43 bits per heavy atom. The highest BCUT2D eigenvalue weighted by molar-refractivity contribution is 6.01. The Morgan fingerprint density at radius 3 is 2.06 bits per heavy atom. The number of aromatic nitrogens is 3. The van der Waals surface area contributed by atoms with Gasteiger partial charge >= 0.3 is 6.09 Å². The van der Waals surface area contributed by atoms with E-state index in [0.717, 1.165) is 65.8 Å². The van der Waals surface area contributed by atoms with E-state index in [-0.39, 0.29) is 18.2 Å². The van der Waals surface area contributed by atoms with Gasteiger partial charge in [0.15, 0.2) is 0 Å². The Morgan fingerprint density at radius 1 is 0.796 bits per heavy atom. The maximum absolute atomic E-state index is 12.8. The third-order valence-electron chi connectivity index (χ3n) is 10.6. The number of aryl methyl sites for hydroxylation is 1. The van der Waals surface area contributed by atoms with Crippen molar-refractivity contribution in [2.45, 2.75) is 78.4 Å². The number of anilines is 1. The van der Waals surface area contributed by atoms with E-state index >= 15 is 0 Å². The maximum Gasteiger partial charge on any atom is 0.410 e. The van der Waals surface area contributed by atoms with E-state index in [1.165, 1.54) is 5.69 Å². The zero-order valence-electron chi connectivity index (χ0n) is 32.6. The topological polar surface area (TPSA) is 85.2 Å². The number of hydrogen-bond donors (Lipinski definition) is 0. The molecule has 10 nitrogen and oxygen atoms in total. The van der Waals surface area contributed by atoms with Gasteiger partial charge < -0.3 is 24.0 Å². The summed E-state index contributed by atoms with van der Waals surface area (Å²) in [6, 6.07) is 31.2. The molecular formula is C44H54N6O4. The standard InChI is InChI=1S/C44H54N6O4/c1-31-26-49(43(51)54-44(3,4)5)27-32(2)50(31)28-33-22-24-48(25-23-33)38-19-13-18-36-40(46-47(6)41(36)38)37-20-21-39(52-29-34-14-9-7-10-15-34)45-42(37)53-30-35-16-11-8-12-17-35/h7-21,31-33H,22-30H2,1-6H3/t31-,32+. The van der Waals surface area contributed by atoms with Gasteiger partial charge in [-0.2, -0.15) is 10.1 Å². The highest BCUT2D eigenvalue weighted by Crippen LogP contribution is 2.39. The first-order valence-electron chi connectivity index (χ1n) is 19.3. The molecule has 54 heavy (non-hydrogen) atoms. The number of rotatable bonds is 10. The fourth-order valence-corrected chi connectivity index (χ4v) is 7.87. The van der Waals surface area contributed by atoms with Gasteiger partial charge in [0.05, 0.1) is 16.8 Å². The van der Waals surface area contributed by atoms with Gasteiger partial charge in [0.1, 0.15) is 24.5 Å². The lowest BCUT2D eigenvalue weighted by molar-refractivity contribution is -0.0121. The normalized spacial score (nSPS) is 18.6. The van der Waals surface area contributed by atoms with E-state index in [4.69, 9.17) is 24.3 Å². The van der Waals surface area contributed by atoms with E-state index in [1.807, 2.05) is 98.1 Å². The van der Waals surface area contributed by atoms with Crippen molar-refractivity contribution in [3.05, 3.63) is 102 Å². The first-order chi connectivity index (χ1) is 26.0. The van der Waals surface area contributed by atoms with Crippen LogP contribution in [0, 0.1) is 5.92 Å². The molecule has 2 atom stereocenters. The second-order valence-electron chi connectivity index (χ2n) is 15.9. The highest BCUT2D eigenvalue weighted by Gasteiger charge is 2.36. The van der Waals surface area contributed by atoms with Crippen molar-refractivity contribution in [2.24, 2.45) is 13.0 Å². The van der Waals surface area contributed by atoms with Crippen LogP contribution in [0.25, 0.3) is 22.2 Å². The number of amides is 1. The summed E-state index contributed by atoms with van der Waals surface area (Å²) in [6.07, 6.45) is 2.01. The number of piperidine rings is 1. The van der Waals surface area contributed by atoms with Crippen LogP contribution in [0.1, 0.15) is 58.6 Å². The van der Waals surface area contributed by atoms with Crippen molar-refractivity contribution >= 4 is 22.7 Å². The quantitative estimate of drug-likeness (QED) is 0.142. The van der Waals surface area contributed by atoms with Crippen LogP contribution in [0.4, 0.5) is 10.5 Å². The van der Waals surface area contributed by atoms with Crippen molar-refractivity contribution < 1.29 is 19.0 Å². The van der Waals surface area contributed by atoms with Gasteiger partial charge in [-0.25, -0.2) is 4.79 Å². The summed E-state index contributed by atoms with van der Waals surface area (Å²) in [5, 5.41) is 6.15. The summed E-state index contributed by atoms with van der Waals surface area (Å²) in [5.41, 5.74) is 5.61. The van der Waals surface area contributed by atoms with Crippen molar-refractivity contribution in [1.29, 1.82) is 0 Å². The Kier molecular flexibility index (Phi) is 11.1. The molecule has 0 unspecified atom stereocenters. The monoisotopic (exact) mass is 730 g/mol. The molecule has 2 aliphatic rings. The van der Waals surface area contributed by atoms with Crippen LogP contribution in [-0.2, 0) is 25.0 Å². The molecular weight excluding hydrogens is 677 g/mol. The number of carbonyl (C=O) groups is 1. The second-order valence-corrected chi connectivity index (χ2v) is 15.9. The predicted octanol–water partition coefficient (Wildman–Crippen LogP) is 8.34. The summed E-state index contributed by atoms with van der Waals surface area (Å²) in [4.78, 5) is 24.7. The number of fused-ring (bicyclic) bond motifs is 1. The minimum absolute atomic E-state index is 0.210. The fourth-order valence-electron chi connectivity index (χ4n) is 7.87. The number of carbonyl (C=O) groups excluding carboxylic acids is 1. The SMILES string of the molecule is C[C@@H]1CN(C(=O)OC(C)(C)C)C[C@H](C)N1CC1CCN(c2cccc3c(-c4ccc(OCc5ccccc5)nc4OCc4ccccc4)nn(C)c23)CC1. The van der Waals surface area contributed by atoms with Crippen LogP contribution >= 0.6 is 0 Å². The zero-order valence-corrected chi connectivity index (χ0v) is 32.6. The van der Waals surface area contributed by atoms with Crippen molar-refractivity contribution in [1.82, 2.24) is 24.6 Å². The minimum atomic E-state index is -0.489. The molecule has 4 heterocycles. The molecule has 2 fully saturated rings. The van der Waals surface area contributed by atoms with Gasteiger partial charge in [-0.05, 0) is 76.6 Å². The average molecular weight is 731 g/mol. The van der Waals surface area contributed by atoms with E-state index < -0.39 is 5.60 Å². The smallest absolute Gasteiger partial charge is 0.410 e. The molecule has 3 aromatic carbocycles. The van der Waals surface area contributed by atoms with Crippen molar-refractivity contribution in [3.63, 3.8) is 0 Å². The lowest BCUT2D eigenvalue weighted by Crippen LogP contribution is -2.59. The molecule has 0 radical (unpaired) electrons. The number of pyridine rings is 1. The molecule has 0 N–H and O–H groups in total. The Balaban J connectivity index is 1.06. The van der Waals surface area contributed by atoms with Crippen LogP contribution in [0.15, 0.2) is 91.0 Å². The molecule has 0 spiro atoms. The molecule has 2 saturated heterocycles. The third kappa shape index (κ3) is 8.65. The third-order valence-corrected chi connectivity index (χ3v) is 10.6. The maximum atomic E-state index is 12.8. The van der Waals surface area contributed by atoms with Gasteiger partial charge in [-0.15, -0.1) is 0 Å². The largest absolute Gasteiger partial charge is 0.473 e. The number of hydrogen-bond acceptors (Lipinski definition) is 8. The number of ether oxygens (including phenoxy) is 3.